The second kappa shape index (κ2) is 5.87. The van der Waals surface area contributed by atoms with Gasteiger partial charge in [0.05, 0.1) is 19.0 Å². The molecule has 2 nitrogen and oxygen atoms in total. The Bertz CT molecular complexity index is 358. The van der Waals surface area contributed by atoms with Gasteiger partial charge in [0.2, 0.25) is 0 Å². The minimum absolute atomic E-state index is 0.468. The highest BCUT2D eigenvalue weighted by Crippen LogP contribution is 2.30. The summed E-state index contributed by atoms with van der Waals surface area (Å²) in [5.41, 5.74) is 1.23. The molecular weight excluding hydrogens is 212 g/mol. The third kappa shape index (κ3) is 3.34. The number of rotatable bonds is 5. The Hall–Kier alpha value is -1.28. The first-order valence-corrected chi connectivity index (χ1v) is 6.20. The van der Waals surface area contributed by atoms with Crippen LogP contribution in [-0.4, -0.2) is 13.2 Å². The molecule has 1 fully saturated rings. The summed E-state index contributed by atoms with van der Waals surface area (Å²) in [6.07, 6.45) is 1.05. The van der Waals surface area contributed by atoms with Gasteiger partial charge in [-0.1, -0.05) is 43.8 Å². The van der Waals surface area contributed by atoms with E-state index in [-0.39, 0.29) is 0 Å². The Balaban J connectivity index is 1.65. The molecule has 0 bridgehead atoms. The molecule has 0 saturated carbocycles. The largest absolute Gasteiger partial charge is 0.498 e. The lowest BCUT2D eigenvalue weighted by molar-refractivity contribution is 0.101. The quantitative estimate of drug-likeness (QED) is 0.724. The highest BCUT2D eigenvalue weighted by molar-refractivity contribution is 5.13. The van der Waals surface area contributed by atoms with Crippen molar-refractivity contribution in [2.24, 2.45) is 11.8 Å². The molecule has 0 amide bonds. The topological polar surface area (TPSA) is 18.5 Å². The van der Waals surface area contributed by atoms with Gasteiger partial charge in [0, 0.05) is 18.4 Å². The van der Waals surface area contributed by atoms with Gasteiger partial charge in [-0.3, -0.25) is 0 Å². The summed E-state index contributed by atoms with van der Waals surface area (Å²) in [4.78, 5) is 0. The third-order valence-corrected chi connectivity index (χ3v) is 3.44. The molecule has 0 spiro atoms. The summed E-state index contributed by atoms with van der Waals surface area (Å²) >= 11 is 0. The highest BCUT2D eigenvalue weighted by atomic mass is 16.5. The van der Waals surface area contributed by atoms with Crippen LogP contribution in [-0.2, 0) is 16.1 Å². The van der Waals surface area contributed by atoms with Gasteiger partial charge in [-0.25, -0.2) is 0 Å². The summed E-state index contributed by atoms with van der Waals surface area (Å²) in [7, 11) is 0. The molecule has 1 aliphatic rings. The van der Waals surface area contributed by atoms with Crippen molar-refractivity contribution in [1.29, 1.82) is 0 Å². The summed E-state index contributed by atoms with van der Waals surface area (Å²) in [5, 5.41) is 0. The normalized spacial score (nSPS) is 23.7. The standard InChI is InChI=1S/C15H20O2/c1-12-13(2)17-11-15(12)8-9-16-10-14-6-4-3-5-7-14/h3-7,12,15H,2,8-11H2,1H3/t12-,15-/m0/s1. The van der Waals surface area contributed by atoms with Gasteiger partial charge in [-0.2, -0.15) is 0 Å². The maximum atomic E-state index is 5.68. The molecule has 1 heterocycles. The van der Waals surface area contributed by atoms with E-state index < -0.39 is 0 Å². The summed E-state index contributed by atoms with van der Waals surface area (Å²) < 4.78 is 11.1. The van der Waals surface area contributed by atoms with Gasteiger partial charge in [0.1, 0.15) is 0 Å². The summed E-state index contributed by atoms with van der Waals surface area (Å²) in [6.45, 7) is 8.37. The average Bonchev–Trinajstić information content (AvgIpc) is 2.67. The van der Waals surface area contributed by atoms with Crippen LogP contribution in [0.4, 0.5) is 0 Å². The molecule has 2 heteroatoms. The number of ether oxygens (including phenoxy) is 2. The zero-order valence-corrected chi connectivity index (χ0v) is 10.4. The monoisotopic (exact) mass is 232 g/mol. The van der Waals surface area contributed by atoms with Crippen molar-refractivity contribution < 1.29 is 9.47 Å². The molecule has 2 atom stereocenters. The van der Waals surface area contributed by atoms with Gasteiger partial charge in [0.25, 0.3) is 0 Å². The van der Waals surface area contributed by atoms with E-state index in [1.54, 1.807) is 0 Å². The number of hydrogen-bond acceptors (Lipinski definition) is 2. The zero-order valence-electron chi connectivity index (χ0n) is 10.4. The number of benzene rings is 1. The van der Waals surface area contributed by atoms with Crippen LogP contribution >= 0.6 is 0 Å². The second-order valence-corrected chi connectivity index (χ2v) is 4.65. The van der Waals surface area contributed by atoms with Crippen molar-refractivity contribution >= 4 is 0 Å². The fourth-order valence-electron chi connectivity index (χ4n) is 2.09. The van der Waals surface area contributed by atoms with Crippen LogP contribution in [0.1, 0.15) is 18.9 Å². The summed E-state index contributed by atoms with van der Waals surface area (Å²) in [5.74, 6) is 1.96. The number of hydrogen-bond donors (Lipinski definition) is 0. The van der Waals surface area contributed by atoms with Gasteiger partial charge < -0.3 is 9.47 Å². The second-order valence-electron chi connectivity index (χ2n) is 4.65. The van der Waals surface area contributed by atoms with E-state index in [1.807, 2.05) is 18.2 Å². The fourth-order valence-corrected chi connectivity index (χ4v) is 2.09. The maximum absolute atomic E-state index is 5.68. The van der Waals surface area contributed by atoms with Gasteiger partial charge in [-0.15, -0.1) is 0 Å². The van der Waals surface area contributed by atoms with E-state index in [1.165, 1.54) is 5.56 Å². The molecule has 17 heavy (non-hydrogen) atoms. The van der Waals surface area contributed by atoms with Crippen LogP contribution in [0.15, 0.2) is 42.7 Å². The van der Waals surface area contributed by atoms with Crippen LogP contribution in [0.3, 0.4) is 0 Å². The zero-order chi connectivity index (χ0) is 12.1. The lowest BCUT2D eigenvalue weighted by Gasteiger charge is -2.12. The van der Waals surface area contributed by atoms with Gasteiger partial charge in [-0.05, 0) is 12.0 Å². The average molecular weight is 232 g/mol. The molecule has 1 aromatic carbocycles. The molecule has 0 N–H and O–H groups in total. The molecule has 92 valence electrons. The molecule has 0 aliphatic carbocycles. The van der Waals surface area contributed by atoms with Crippen molar-refractivity contribution in [3.63, 3.8) is 0 Å². The van der Waals surface area contributed by atoms with Crippen molar-refractivity contribution in [3.8, 4) is 0 Å². The Labute approximate surface area is 103 Å². The molecule has 1 saturated heterocycles. The Kier molecular flexibility index (Phi) is 4.21. The molecule has 2 rings (SSSR count). The van der Waals surface area contributed by atoms with Crippen molar-refractivity contribution in [3.05, 3.63) is 48.2 Å². The van der Waals surface area contributed by atoms with Gasteiger partial charge >= 0.3 is 0 Å². The Morgan fingerprint density at radius 2 is 2.12 bits per heavy atom. The molecule has 1 aliphatic heterocycles. The minimum atomic E-state index is 0.468. The smallest absolute Gasteiger partial charge is 0.0920 e. The van der Waals surface area contributed by atoms with Crippen LogP contribution in [0.2, 0.25) is 0 Å². The van der Waals surface area contributed by atoms with Crippen molar-refractivity contribution in [2.75, 3.05) is 13.2 Å². The van der Waals surface area contributed by atoms with E-state index in [0.29, 0.717) is 18.4 Å². The van der Waals surface area contributed by atoms with Crippen LogP contribution in [0, 0.1) is 11.8 Å². The molecule has 0 radical (unpaired) electrons. The summed E-state index contributed by atoms with van der Waals surface area (Å²) in [6, 6.07) is 10.3. The number of allylic oxidation sites excluding steroid dienone is 1. The Morgan fingerprint density at radius 1 is 1.35 bits per heavy atom. The first-order valence-electron chi connectivity index (χ1n) is 6.20. The van der Waals surface area contributed by atoms with Crippen LogP contribution in [0.25, 0.3) is 0 Å². The van der Waals surface area contributed by atoms with E-state index in [9.17, 15) is 0 Å². The first-order chi connectivity index (χ1) is 8.27. The lowest BCUT2D eigenvalue weighted by Crippen LogP contribution is -2.11. The third-order valence-electron chi connectivity index (χ3n) is 3.44. The molecule has 0 aromatic heterocycles. The highest BCUT2D eigenvalue weighted by Gasteiger charge is 2.27. The van der Waals surface area contributed by atoms with E-state index in [2.05, 4.69) is 25.6 Å². The maximum Gasteiger partial charge on any atom is 0.0920 e. The minimum Gasteiger partial charge on any atom is -0.498 e. The molecule has 0 unspecified atom stereocenters. The fraction of sp³-hybridized carbons (Fsp3) is 0.467. The van der Waals surface area contributed by atoms with Crippen molar-refractivity contribution in [2.45, 2.75) is 20.0 Å². The SMILES string of the molecule is C=C1OC[C@H](CCOCc2ccccc2)[C@H]1C. The Morgan fingerprint density at radius 3 is 2.76 bits per heavy atom. The van der Waals surface area contributed by atoms with Crippen LogP contribution in [0.5, 0.6) is 0 Å². The predicted octanol–water partition coefficient (Wildman–Crippen LogP) is 3.39. The molecular formula is C15H20O2. The predicted molar refractivity (Wildman–Crippen MR) is 68.5 cm³/mol. The van der Waals surface area contributed by atoms with E-state index >= 15 is 0 Å². The van der Waals surface area contributed by atoms with E-state index in [4.69, 9.17) is 9.47 Å². The van der Waals surface area contributed by atoms with E-state index in [0.717, 1.165) is 25.4 Å². The molecule has 1 aromatic rings. The van der Waals surface area contributed by atoms with Gasteiger partial charge in [0.15, 0.2) is 0 Å². The van der Waals surface area contributed by atoms with Crippen LogP contribution < -0.4 is 0 Å². The lowest BCUT2D eigenvalue weighted by atomic mass is 9.93. The first kappa shape index (κ1) is 12.2. The van der Waals surface area contributed by atoms with Crippen molar-refractivity contribution in [1.82, 2.24) is 0 Å².